The van der Waals surface area contributed by atoms with E-state index in [2.05, 4.69) is 27.7 Å². The first kappa shape index (κ1) is 10.1. The van der Waals surface area contributed by atoms with Gasteiger partial charge in [0.25, 0.3) is 0 Å². The average Bonchev–Trinajstić information content (AvgIpc) is 2.63. The van der Waals surface area contributed by atoms with Crippen LogP contribution in [0.1, 0.15) is 53.4 Å². The lowest BCUT2D eigenvalue weighted by atomic mass is 9.86. The van der Waals surface area contributed by atoms with Crippen LogP contribution in [0.5, 0.6) is 0 Å². The third kappa shape index (κ3) is 3.60. The molecule has 0 bridgehead atoms. The largest absolute Gasteiger partial charge is 0.0628 e. The SMILES string of the molecule is CC(C)CC(CC(C)C)C1CC1. The monoisotopic (exact) mass is 168 g/mol. The van der Waals surface area contributed by atoms with Crippen molar-refractivity contribution in [2.45, 2.75) is 53.4 Å². The molecule has 12 heavy (non-hydrogen) atoms. The van der Waals surface area contributed by atoms with Crippen LogP contribution in [0, 0.1) is 23.7 Å². The van der Waals surface area contributed by atoms with Gasteiger partial charge in [-0.3, -0.25) is 0 Å². The molecule has 0 amide bonds. The predicted molar refractivity (Wildman–Crippen MR) is 55.1 cm³/mol. The van der Waals surface area contributed by atoms with E-state index in [1.54, 1.807) is 0 Å². The molecule has 1 saturated carbocycles. The van der Waals surface area contributed by atoms with Crippen molar-refractivity contribution in [1.82, 2.24) is 0 Å². The quantitative estimate of drug-likeness (QED) is 0.579. The highest BCUT2D eigenvalue weighted by Gasteiger charge is 2.31. The van der Waals surface area contributed by atoms with Crippen molar-refractivity contribution in [3.05, 3.63) is 0 Å². The highest BCUT2D eigenvalue weighted by atomic mass is 14.4. The molecule has 0 heterocycles. The van der Waals surface area contributed by atoms with Crippen molar-refractivity contribution >= 4 is 0 Å². The lowest BCUT2D eigenvalue weighted by molar-refractivity contribution is 0.309. The molecule has 0 aromatic heterocycles. The zero-order chi connectivity index (χ0) is 9.14. The molecule has 0 radical (unpaired) electrons. The summed E-state index contributed by atoms with van der Waals surface area (Å²) in [5.74, 6) is 3.95. The summed E-state index contributed by atoms with van der Waals surface area (Å²) in [5.41, 5.74) is 0. The van der Waals surface area contributed by atoms with Gasteiger partial charge in [0, 0.05) is 0 Å². The normalized spacial score (nSPS) is 18.2. The highest BCUT2D eigenvalue weighted by Crippen LogP contribution is 2.42. The Morgan fingerprint density at radius 1 is 0.917 bits per heavy atom. The topological polar surface area (TPSA) is 0 Å². The van der Waals surface area contributed by atoms with Gasteiger partial charge in [-0.15, -0.1) is 0 Å². The molecule has 72 valence electrons. The standard InChI is InChI=1S/C12H24/c1-9(2)7-12(8-10(3)4)11-5-6-11/h9-12H,5-8H2,1-4H3. The molecule has 0 nitrogen and oxygen atoms in total. The minimum Gasteiger partial charge on any atom is -0.0628 e. The predicted octanol–water partition coefficient (Wildman–Crippen LogP) is 4.10. The van der Waals surface area contributed by atoms with Crippen molar-refractivity contribution in [2.24, 2.45) is 23.7 Å². The lowest BCUT2D eigenvalue weighted by Crippen LogP contribution is -2.09. The first-order valence-corrected chi connectivity index (χ1v) is 5.59. The van der Waals surface area contributed by atoms with Gasteiger partial charge >= 0.3 is 0 Å². The fourth-order valence-electron chi connectivity index (χ4n) is 2.26. The summed E-state index contributed by atoms with van der Waals surface area (Å²) in [4.78, 5) is 0. The molecule has 1 rings (SSSR count). The molecule has 0 heteroatoms. The van der Waals surface area contributed by atoms with E-state index in [9.17, 15) is 0 Å². The second-order valence-electron chi connectivity index (χ2n) is 5.36. The van der Waals surface area contributed by atoms with Crippen LogP contribution in [-0.2, 0) is 0 Å². The zero-order valence-electron chi connectivity index (χ0n) is 9.14. The Morgan fingerprint density at radius 2 is 1.33 bits per heavy atom. The van der Waals surface area contributed by atoms with Crippen LogP contribution in [-0.4, -0.2) is 0 Å². The van der Waals surface area contributed by atoms with E-state index < -0.39 is 0 Å². The van der Waals surface area contributed by atoms with Crippen LogP contribution in [0.3, 0.4) is 0 Å². The fraction of sp³-hybridized carbons (Fsp3) is 1.00. The van der Waals surface area contributed by atoms with Gasteiger partial charge in [-0.25, -0.2) is 0 Å². The number of rotatable bonds is 5. The number of hydrogen-bond acceptors (Lipinski definition) is 0. The molecular formula is C12H24. The van der Waals surface area contributed by atoms with Crippen LogP contribution < -0.4 is 0 Å². The van der Waals surface area contributed by atoms with E-state index in [1.807, 2.05) is 0 Å². The molecule has 0 aromatic carbocycles. The molecule has 0 N–H and O–H groups in total. The van der Waals surface area contributed by atoms with Crippen molar-refractivity contribution in [3.8, 4) is 0 Å². The van der Waals surface area contributed by atoms with Crippen LogP contribution in [0.15, 0.2) is 0 Å². The van der Waals surface area contributed by atoms with Crippen molar-refractivity contribution in [3.63, 3.8) is 0 Å². The smallest absolute Gasteiger partial charge is 0.0381 e. The molecule has 0 unspecified atom stereocenters. The Morgan fingerprint density at radius 3 is 1.58 bits per heavy atom. The van der Waals surface area contributed by atoms with Crippen LogP contribution in [0.4, 0.5) is 0 Å². The molecule has 1 fully saturated rings. The van der Waals surface area contributed by atoms with Gasteiger partial charge in [0.05, 0.1) is 0 Å². The second kappa shape index (κ2) is 4.30. The first-order chi connectivity index (χ1) is 5.59. The van der Waals surface area contributed by atoms with E-state index in [0.29, 0.717) is 0 Å². The number of hydrogen-bond donors (Lipinski definition) is 0. The van der Waals surface area contributed by atoms with E-state index in [0.717, 1.165) is 23.7 Å². The van der Waals surface area contributed by atoms with E-state index in [1.165, 1.54) is 25.7 Å². The van der Waals surface area contributed by atoms with Gasteiger partial charge in [0.15, 0.2) is 0 Å². The van der Waals surface area contributed by atoms with Crippen LogP contribution in [0.2, 0.25) is 0 Å². The summed E-state index contributed by atoms with van der Waals surface area (Å²) < 4.78 is 0. The Labute approximate surface area is 77.7 Å². The minimum absolute atomic E-state index is 0.898. The molecular weight excluding hydrogens is 144 g/mol. The Hall–Kier alpha value is 0. The summed E-state index contributed by atoms with van der Waals surface area (Å²) in [6, 6.07) is 0. The zero-order valence-corrected chi connectivity index (χ0v) is 9.14. The third-order valence-corrected chi connectivity index (χ3v) is 2.84. The fourth-order valence-corrected chi connectivity index (χ4v) is 2.26. The second-order valence-corrected chi connectivity index (χ2v) is 5.36. The molecule has 0 atom stereocenters. The molecule has 0 spiro atoms. The van der Waals surface area contributed by atoms with Gasteiger partial charge < -0.3 is 0 Å². The van der Waals surface area contributed by atoms with E-state index in [4.69, 9.17) is 0 Å². The molecule has 1 aliphatic carbocycles. The first-order valence-electron chi connectivity index (χ1n) is 5.59. The molecule has 1 aliphatic rings. The summed E-state index contributed by atoms with van der Waals surface area (Å²) in [5, 5.41) is 0. The van der Waals surface area contributed by atoms with Gasteiger partial charge in [-0.1, -0.05) is 27.7 Å². The Bertz CT molecular complexity index is 110. The summed E-state index contributed by atoms with van der Waals surface area (Å²) in [6.07, 6.45) is 5.96. The van der Waals surface area contributed by atoms with Crippen LogP contribution in [0.25, 0.3) is 0 Å². The van der Waals surface area contributed by atoms with Gasteiger partial charge in [0.2, 0.25) is 0 Å². The average molecular weight is 168 g/mol. The lowest BCUT2D eigenvalue weighted by Gasteiger charge is -2.20. The van der Waals surface area contributed by atoms with E-state index in [-0.39, 0.29) is 0 Å². The van der Waals surface area contributed by atoms with Crippen molar-refractivity contribution < 1.29 is 0 Å². The van der Waals surface area contributed by atoms with Crippen LogP contribution >= 0.6 is 0 Å². The summed E-state index contributed by atoms with van der Waals surface area (Å²) in [6.45, 7) is 9.43. The maximum Gasteiger partial charge on any atom is -0.0381 e. The Kier molecular flexibility index (Phi) is 3.61. The molecule has 0 aromatic rings. The Balaban J connectivity index is 2.27. The maximum atomic E-state index is 2.36. The van der Waals surface area contributed by atoms with E-state index >= 15 is 0 Å². The van der Waals surface area contributed by atoms with Crippen molar-refractivity contribution in [2.75, 3.05) is 0 Å². The third-order valence-electron chi connectivity index (χ3n) is 2.84. The molecule has 0 saturated heterocycles. The molecule has 0 aliphatic heterocycles. The summed E-state index contributed by atoms with van der Waals surface area (Å²) >= 11 is 0. The van der Waals surface area contributed by atoms with Gasteiger partial charge in [-0.05, 0) is 49.4 Å². The van der Waals surface area contributed by atoms with Gasteiger partial charge in [-0.2, -0.15) is 0 Å². The minimum atomic E-state index is 0.898. The van der Waals surface area contributed by atoms with Crippen molar-refractivity contribution in [1.29, 1.82) is 0 Å². The highest BCUT2D eigenvalue weighted by molar-refractivity contribution is 4.82. The maximum absolute atomic E-state index is 2.36. The summed E-state index contributed by atoms with van der Waals surface area (Å²) in [7, 11) is 0. The van der Waals surface area contributed by atoms with Gasteiger partial charge in [0.1, 0.15) is 0 Å².